The van der Waals surface area contributed by atoms with E-state index < -0.39 is 17.7 Å². The van der Waals surface area contributed by atoms with Gasteiger partial charge in [0.05, 0.1) is 0 Å². The molecule has 1 aliphatic carbocycles. The Bertz CT molecular complexity index is 770. The highest BCUT2D eigenvalue weighted by Crippen LogP contribution is 2.31. The van der Waals surface area contributed by atoms with Crippen molar-refractivity contribution in [1.82, 2.24) is 9.97 Å². The predicted molar refractivity (Wildman–Crippen MR) is 91.9 cm³/mol. The minimum Gasteiger partial charge on any atom is -0.351 e. The Morgan fingerprint density at radius 1 is 1.04 bits per heavy atom. The number of anilines is 3. The summed E-state index contributed by atoms with van der Waals surface area (Å²) in [7, 11) is 0. The molecule has 0 atom stereocenters. The van der Waals surface area contributed by atoms with Crippen molar-refractivity contribution in [3.05, 3.63) is 41.3 Å². The average molecular weight is 368 g/mol. The zero-order chi connectivity index (χ0) is 18.7. The summed E-state index contributed by atoms with van der Waals surface area (Å²) in [4.78, 5) is 7.80. The second-order valence-corrected chi connectivity index (χ2v) is 6.52. The second kappa shape index (κ2) is 7.47. The number of aromatic nitrogens is 2. The zero-order valence-electron chi connectivity index (χ0n) is 14.3. The molecule has 26 heavy (non-hydrogen) atoms. The summed E-state index contributed by atoms with van der Waals surface area (Å²) >= 11 is 0. The van der Waals surface area contributed by atoms with Crippen LogP contribution in [0.5, 0.6) is 0 Å². The Morgan fingerprint density at radius 2 is 1.77 bits per heavy atom. The van der Waals surface area contributed by atoms with E-state index in [1.165, 1.54) is 18.2 Å². The Hall–Kier alpha value is -2.38. The summed E-state index contributed by atoms with van der Waals surface area (Å²) in [5.74, 6) is -0.444. The topological polar surface area (TPSA) is 49.8 Å². The molecule has 0 unspecified atom stereocenters. The first kappa shape index (κ1) is 18.4. The van der Waals surface area contributed by atoms with E-state index in [2.05, 4.69) is 20.6 Å². The average Bonchev–Trinajstić information content (AvgIpc) is 2.57. The normalized spacial score (nSPS) is 15.7. The molecule has 140 valence electrons. The van der Waals surface area contributed by atoms with Crippen molar-refractivity contribution in [2.24, 2.45) is 0 Å². The smallest absolute Gasteiger partial charge is 0.351 e. The molecule has 2 aromatic rings. The van der Waals surface area contributed by atoms with Gasteiger partial charge in [-0.05, 0) is 43.5 Å². The van der Waals surface area contributed by atoms with Gasteiger partial charge in [-0.2, -0.15) is 18.2 Å². The number of hydrogen-bond acceptors (Lipinski definition) is 4. The first-order valence-electron chi connectivity index (χ1n) is 8.57. The molecule has 2 N–H and O–H groups in total. The highest BCUT2D eigenvalue weighted by atomic mass is 19.4. The van der Waals surface area contributed by atoms with Gasteiger partial charge in [-0.3, -0.25) is 0 Å². The van der Waals surface area contributed by atoms with Crippen molar-refractivity contribution in [2.45, 2.75) is 51.2 Å². The molecule has 0 spiro atoms. The van der Waals surface area contributed by atoms with Crippen LogP contribution in [0.25, 0.3) is 0 Å². The number of halogens is 4. The molecule has 1 fully saturated rings. The van der Waals surface area contributed by atoms with Crippen molar-refractivity contribution >= 4 is 17.5 Å². The molecule has 1 aromatic carbocycles. The summed E-state index contributed by atoms with van der Waals surface area (Å²) in [5, 5.41) is 5.85. The lowest BCUT2D eigenvalue weighted by atomic mass is 9.96. The number of aryl methyl sites for hydroxylation is 1. The molecule has 1 heterocycles. The first-order chi connectivity index (χ1) is 12.3. The van der Waals surface area contributed by atoms with E-state index in [0.29, 0.717) is 11.3 Å². The van der Waals surface area contributed by atoms with Gasteiger partial charge >= 0.3 is 6.18 Å². The molecule has 1 aromatic heterocycles. The fourth-order valence-electron chi connectivity index (χ4n) is 3.06. The molecule has 0 amide bonds. The Morgan fingerprint density at radius 3 is 2.42 bits per heavy atom. The summed E-state index contributed by atoms with van der Waals surface area (Å²) in [6, 6.07) is 4.94. The molecule has 4 nitrogen and oxygen atoms in total. The van der Waals surface area contributed by atoms with Crippen molar-refractivity contribution in [1.29, 1.82) is 0 Å². The predicted octanol–water partition coefficient (Wildman–Crippen LogP) is 5.43. The van der Waals surface area contributed by atoms with Crippen molar-refractivity contribution in [3.63, 3.8) is 0 Å². The van der Waals surface area contributed by atoms with Crippen LogP contribution in [0.1, 0.15) is 43.4 Å². The first-order valence-corrected chi connectivity index (χ1v) is 8.57. The van der Waals surface area contributed by atoms with E-state index in [0.717, 1.165) is 38.2 Å². The number of alkyl halides is 3. The van der Waals surface area contributed by atoms with Crippen LogP contribution < -0.4 is 10.6 Å². The van der Waals surface area contributed by atoms with Gasteiger partial charge in [0.2, 0.25) is 5.95 Å². The monoisotopic (exact) mass is 368 g/mol. The number of rotatable bonds is 4. The van der Waals surface area contributed by atoms with E-state index in [1.807, 2.05) is 0 Å². The van der Waals surface area contributed by atoms with Crippen LogP contribution in [-0.2, 0) is 6.18 Å². The number of benzene rings is 1. The van der Waals surface area contributed by atoms with E-state index in [9.17, 15) is 17.6 Å². The maximum atomic E-state index is 13.2. The molecule has 3 rings (SSSR count). The molecule has 0 aliphatic heterocycles. The summed E-state index contributed by atoms with van der Waals surface area (Å²) in [5.41, 5.74) is 0.0360. The molecule has 0 saturated heterocycles. The lowest BCUT2D eigenvalue weighted by molar-refractivity contribution is -0.141. The van der Waals surface area contributed by atoms with Crippen LogP contribution in [0.2, 0.25) is 0 Å². The van der Waals surface area contributed by atoms with Gasteiger partial charge in [-0.1, -0.05) is 19.3 Å². The van der Waals surface area contributed by atoms with Gasteiger partial charge < -0.3 is 10.6 Å². The fraction of sp³-hybridized carbons (Fsp3) is 0.444. The molecule has 0 radical (unpaired) electrons. The van der Waals surface area contributed by atoms with Crippen molar-refractivity contribution in [2.75, 3.05) is 10.6 Å². The maximum absolute atomic E-state index is 13.2. The fourth-order valence-corrected chi connectivity index (χ4v) is 3.06. The number of nitrogens with zero attached hydrogens (tertiary/aromatic N) is 2. The van der Waals surface area contributed by atoms with Gasteiger partial charge in [0.25, 0.3) is 0 Å². The molecule has 1 saturated carbocycles. The van der Waals surface area contributed by atoms with E-state index in [4.69, 9.17) is 0 Å². The maximum Gasteiger partial charge on any atom is 0.433 e. The Labute approximate surface area is 149 Å². The molecule has 0 bridgehead atoms. The third-order valence-corrected chi connectivity index (χ3v) is 4.41. The number of hydrogen-bond donors (Lipinski definition) is 2. The minimum atomic E-state index is -4.58. The van der Waals surface area contributed by atoms with Gasteiger partial charge in [-0.15, -0.1) is 0 Å². The third-order valence-electron chi connectivity index (χ3n) is 4.41. The van der Waals surface area contributed by atoms with Crippen LogP contribution in [0.15, 0.2) is 24.3 Å². The number of nitrogens with one attached hydrogen (secondary N) is 2. The Balaban J connectivity index is 1.89. The SMILES string of the molecule is Cc1cc(F)ccc1Nc1cc(C(F)(F)F)nc(NC2CCCCC2)n1. The lowest BCUT2D eigenvalue weighted by Gasteiger charge is -2.23. The van der Waals surface area contributed by atoms with Crippen LogP contribution in [0.3, 0.4) is 0 Å². The van der Waals surface area contributed by atoms with E-state index in [-0.39, 0.29) is 17.8 Å². The van der Waals surface area contributed by atoms with Crippen LogP contribution in [0.4, 0.5) is 35.0 Å². The molecular weight excluding hydrogens is 348 g/mol. The summed E-state index contributed by atoms with van der Waals surface area (Å²) in [6.07, 6.45) is 0.407. The highest BCUT2D eigenvalue weighted by Gasteiger charge is 2.34. The minimum absolute atomic E-state index is 0.0142. The van der Waals surface area contributed by atoms with Crippen LogP contribution >= 0.6 is 0 Å². The van der Waals surface area contributed by atoms with Gasteiger partial charge in [0.15, 0.2) is 5.69 Å². The second-order valence-electron chi connectivity index (χ2n) is 6.52. The summed E-state index contributed by atoms with van der Waals surface area (Å²) < 4.78 is 52.8. The van der Waals surface area contributed by atoms with E-state index in [1.54, 1.807) is 6.92 Å². The van der Waals surface area contributed by atoms with Crippen LogP contribution in [0, 0.1) is 12.7 Å². The Kier molecular flexibility index (Phi) is 5.29. The summed E-state index contributed by atoms with van der Waals surface area (Å²) in [6.45, 7) is 1.67. The largest absolute Gasteiger partial charge is 0.433 e. The van der Waals surface area contributed by atoms with Gasteiger partial charge in [0.1, 0.15) is 11.6 Å². The van der Waals surface area contributed by atoms with Crippen molar-refractivity contribution < 1.29 is 17.6 Å². The van der Waals surface area contributed by atoms with Gasteiger partial charge in [0, 0.05) is 17.8 Å². The zero-order valence-corrected chi connectivity index (χ0v) is 14.3. The van der Waals surface area contributed by atoms with Crippen molar-refractivity contribution in [3.8, 4) is 0 Å². The standard InChI is InChI=1S/C18H20F4N4/c1-11-9-12(19)7-8-14(11)24-16-10-15(18(20,21)22)25-17(26-16)23-13-5-3-2-4-6-13/h7-10,13H,2-6H2,1H3,(H2,23,24,25,26). The molecule has 1 aliphatic rings. The molecule has 8 heteroatoms. The quantitative estimate of drug-likeness (QED) is 0.707. The highest BCUT2D eigenvalue weighted by molar-refractivity contribution is 5.61. The lowest BCUT2D eigenvalue weighted by Crippen LogP contribution is -2.24. The third kappa shape index (κ3) is 4.62. The molecular formula is C18H20F4N4. The van der Waals surface area contributed by atoms with E-state index >= 15 is 0 Å². The van der Waals surface area contributed by atoms with Gasteiger partial charge in [-0.25, -0.2) is 9.37 Å². The van der Waals surface area contributed by atoms with Crippen LogP contribution in [-0.4, -0.2) is 16.0 Å².